The van der Waals surface area contributed by atoms with Crippen molar-refractivity contribution >= 4 is 5.91 Å². The molecule has 21 heavy (non-hydrogen) atoms. The SMILES string of the molecule is CC1(CN2CCC(C(=O)N3CCOCC3)CC2)CCNC1. The van der Waals surface area contributed by atoms with E-state index in [1.54, 1.807) is 0 Å². The molecule has 1 atom stereocenters. The Hall–Kier alpha value is -0.650. The predicted molar refractivity (Wildman–Crippen MR) is 82.2 cm³/mol. The van der Waals surface area contributed by atoms with Crippen LogP contribution in [0.1, 0.15) is 26.2 Å². The normalized spacial score (nSPS) is 32.5. The highest BCUT2D eigenvalue weighted by atomic mass is 16.5. The zero-order valence-electron chi connectivity index (χ0n) is 13.3. The van der Waals surface area contributed by atoms with Gasteiger partial charge in [0, 0.05) is 32.1 Å². The maximum Gasteiger partial charge on any atom is 0.225 e. The molecule has 1 amide bonds. The van der Waals surface area contributed by atoms with E-state index in [1.807, 2.05) is 4.90 Å². The van der Waals surface area contributed by atoms with Crippen LogP contribution in [0.3, 0.4) is 0 Å². The Morgan fingerprint density at radius 1 is 1.24 bits per heavy atom. The Morgan fingerprint density at radius 3 is 2.57 bits per heavy atom. The third-order valence-electron chi connectivity index (χ3n) is 5.32. The van der Waals surface area contributed by atoms with E-state index in [-0.39, 0.29) is 5.92 Å². The fourth-order valence-electron chi connectivity index (χ4n) is 3.92. The summed E-state index contributed by atoms with van der Waals surface area (Å²) in [5.41, 5.74) is 0.432. The molecule has 3 aliphatic rings. The van der Waals surface area contributed by atoms with Gasteiger partial charge in [0.25, 0.3) is 0 Å². The van der Waals surface area contributed by atoms with Crippen LogP contribution in [0, 0.1) is 11.3 Å². The van der Waals surface area contributed by atoms with Crippen LogP contribution in [0.15, 0.2) is 0 Å². The molecule has 0 bridgehead atoms. The number of piperidine rings is 1. The Bertz CT molecular complexity index is 355. The molecule has 120 valence electrons. The lowest BCUT2D eigenvalue weighted by atomic mass is 9.87. The average molecular weight is 295 g/mol. The minimum absolute atomic E-state index is 0.244. The maximum atomic E-state index is 12.5. The van der Waals surface area contributed by atoms with Crippen LogP contribution < -0.4 is 5.32 Å². The number of hydrogen-bond acceptors (Lipinski definition) is 4. The standard InChI is InChI=1S/C16H29N3O2/c1-16(4-5-17-12-16)13-18-6-2-14(3-7-18)15(20)19-8-10-21-11-9-19/h14,17H,2-13H2,1H3. The van der Waals surface area contributed by atoms with Crippen LogP contribution >= 0.6 is 0 Å². The van der Waals surface area contributed by atoms with Gasteiger partial charge in [-0.05, 0) is 44.3 Å². The molecular weight excluding hydrogens is 266 g/mol. The van der Waals surface area contributed by atoms with Crippen LogP contribution in [-0.2, 0) is 9.53 Å². The van der Waals surface area contributed by atoms with E-state index in [4.69, 9.17) is 4.74 Å². The molecule has 0 aliphatic carbocycles. The summed E-state index contributed by atoms with van der Waals surface area (Å²) in [4.78, 5) is 17.1. The first-order valence-electron chi connectivity index (χ1n) is 8.46. The summed E-state index contributed by atoms with van der Waals surface area (Å²) in [5, 5.41) is 3.47. The van der Waals surface area contributed by atoms with E-state index < -0.39 is 0 Å². The summed E-state index contributed by atoms with van der Waals surface area (Å²) in [6.45, 7) is 11.0. The monoisotopic (exact) mass is 295 g/mol. The first-order chi connectivity index (χ1) is 10.2. The Kier molecular flexibility index (Phi) is 4.82. The quantitative estimate of drug-likeness (QED) is 0.826. The molecule has 5 nitrogen and oxygen atoms in total. The average Bonchev–Trinajstić information content (AvgIpc) is 2.94. The van der Waals surface area contributed by atoms with Crippen molar-refractivity contribution in [3.05, 3.63) is 0 Å². The van der Waals surface area contributed by atoms with E-state index in [1.165, 1.54) is 13.0 Å². The van der Waals surface area contributed by atoms with Crippen LogP contribution in [-0.4, -0.2) is 74.7 Å². The van der Waals surface area contributed by atoms with Crippen molar-refractivity contribution < 1.29 is 9.53 Å². The highest BCUT2D eigenvalue weighted by molar-refractivity contribution is 5.79. The topological polar surface area (TPSA) is 44.8 Å². The molecule has 1 N–H and O–H groups in total. The smallest absolute Gasteiger partial charge is 0.225 e. The number of amides is 1. The molecule has 3 saturated heterocycles. The van der Waals surface area contributed by atoms with Gasteiger partial charge in [-0.3, -0.25) is 4.79 Å². The van der Waals surface area contributed by atoms with Gasteiger partial charge in [0.2, 0.25) is 5.91 Å². The van der Waals surface area contributed by atoms with Crippen molar-refractivity contribution in [3.8, 4) is 0 Å². The summed E-state index contributed by atoms with van der Waals surface area (Å²) in [6, 6.07) is 0. The van der Waals surface area contributed by atoms with Gasteiger partial charge < -0.3 is 19.9 Å². The first-order valence-corrected chi connectivity index (χ1v) is 8.46. The third kappa shape index (κ3) is 3.76. The van der Waals surface area contributed by atoms with Crippen LogP contribution in [0.4, 0.5) is 0 Å². The molecule has 3 fully saturated rings. The summed E-state index contributed by atoms with van der Waals surface area (Å²) >= 11 is 0. The van der Waals surface area contributed by atoms with Crippen molar-refractivity contribution in [1.82, 2.24) is 15.1 Å². The number of ether oxygens (including phenoxy) is 1. The van der Waals surface area contributed by atoms with Crippen molar-refractivity contribution in [1.29, 1.82) is 0 Å². The maximum absolute atomic E-state index is 12.5. The number of morpholine rings is 1. The fourth-order valence-corrected chi connectivity index (χ4v) is 3.92. The van der Waals surface area contributed by atoms with E-state index in [9.17, 15) is 4.79 Å². The molecule has 0 aromatic heterocycles. The molecule has 1 unspecified atom stereocenters. The van der Waals surface area contributed by atoms with E-state index in [0.717, 1.165) is 52.1 Å². The number of nitrogens with zero attached hydrogens (tertiary/aromatic N) is 2. The van der Waals surface area contributed by atoms with Crippen molar-refractivity contribution in [2.24, 2.45) is 11.3 Å². The third-order valence-corrected chi connectivity index (χ3v) is 5.32. The molecule has 5 heteroatoms. The molecule has 3 aliphatic heterocycles. The van der Waals surface area contributed by atoms with Crippen molar-refractivity contribution in [2.45, 2.75) is 26.2 Å². The summed E-state index contributed by atoms with van der Waals surface area (Å²) in [6.07, 6.45) is 3.33. The number of likely N-dealkylation sites (tertiary alicyclic amines) is 1. The van der Waals surface area contributed by atoms with Gasteiger partial charge in [0.15, 0.2) is 0 Å². The summed E-state index contributed by atoms with van der Waals surface area (Å²) in [5.74, 6) is 0.612. The second-order valence-corrected chi connectivity index (χ2v) is 7.23. The number of nitrogens with one attached hydrogen (secondary N) is 1. The molecule has 0 aromatic rings. The number of rotatable bonds is 3. The molecule has 0 radical (unpaired) electrons. The minimum Gasteiger partial charge on any atom is -0.378 e. The molecule has 3 rings (SSSR count). The summed E-state index contributed by atoms with van der Waals surface area (Å²) < 4.78 is 5.33. The van der Waals surface area contributed by atoms with Gasteiger partial charge in [0.05, 0.1) is 13.2 Å². The lowest BCUT2D eigenvalue weighted by molar-refractivity contribution is -0.141. The van der Waals surface area contributed by atoms with Gasteiger partial charge in [-0.25, -0.2) is 0 Å². The number of carbonyl (C=O) groups excluding carboxylic acids is 1. The second-order valence-electron chi connectivity index (χ2n) is 7.23. The van der Waals surface area contributed by atoms with Crippen LogP contribution in [0.2, 0.25) is 0 Å². The molecule has 3 heterocycles. The largest absolute Gasteiger partial charge is 0.378 e. The number of carbonyl (C=O) groups is 1. The molecule has 0 saturated carbocycles. The second kappa shape index (κ2) is 6.63. The van der Waals surface area contributed by atoms with Crippen LogP contribution in [0.5, 0.6) is 0 Å². The Balaban J connectivity index is 1.45. The van der Waals surface area contributed by atoms with Crippen molar-refractivity contribution in [3.63, 3.8) is 0 Å². The van der Waals surface area contributed by atoms with Gasteiger partial charge >= 0.3 is 0 Å². The van der Waals surface area contributed by atoms with Crippen LogP contribution in [0.25, 0.3) is 0 Å². The predicted octanol–water partition coefficient (Wildman–Crippen LogP) is 0.557. The highest BCUT2D eigenvalue weighted by Gasteiger charge is 2.34. The zero-order chi connectivity index (χ0) is 14.7. The summed E-state index contributed by atoms with van der Waals surface area (Å²) in [7, 11) is 0. The van der Waals surface area contributed by atoms with Gasteiger partial charge in [-0.15, -0.1) is 0 Å². The molecule has 0 aromatic carbocycles. The van der Waals surface area contributed by atoms with Gasteiger partial charge in [-0.2, -0.15) is 0 Å². The Morgan fingerprint density at radius 2 is 1.95 bits per heavy atom. The number of hydrogen-bond donors (Lipinski definition) is 1. The highest BCUT2D eigenvalue weighted by Crippen LogP contribution is 2.28. The zero-order valence-corrected chi connectivity index (χ0v) is 13.3. The van der Waals surface area contributed by atoms with Crippen molar-refractivity contribution in [2.75, 3.05) is 59.0 Å². The van der Waals surface area contributed by atoms with E-state index >= 15 is 0 Å². The Labute approximate surface area is 128 Å². The van der Waals surface area contributed by atoms with Gasteiger partial charge in [0.1, 0.15) is 0 Å². The minimum atomic E-state index is 0.244. The van der Waals surface area contributed by atoms with E-state index in [0.29, 0.717) is 24.5 Å². The lowest BCUT2D eigenvalue weighted by Crippen LogP contribution is -2.48. The van der Waals surface area contributed by atoms with E-state index in [2.05, 4.69) is 17.1 Å². The lowest BCUT2D eigenvalue weighted by Gasteiger charge is -2.38. The van der Waals surface area contributed by atoms with Gasteiger partial charge in [-0.1, -0.05) is 6.92 Å². The first kappa shape index (κ1) is 15.3. The molecular formula is C16H29N3O2. The fraction of sp³-hybridized carbons (Fsp3) is 0.938. The molecule has 0 spiro atoms.